The van der Waals surface area contributed by atoms with Crippen LogP contribution in [-0.2, 0) is 9.53 Å². The second kappa shape index (κ2) is 6.58. The van der Waals surface area contributed by atoms with Crippen molar-refractivity contribution in [2.75, 3.05) is 6.61 Å². The van der Waals surface area contributed by atoms with E-state index in [0.29, 0.717) is 6.42 Å². The lowest BCUT2D eigenvalue weighted by Crippen LogP contribution is -2.17. The fourth-order valence-electron chi connectivity index (χ4n) is 1.32. The van der Waals surface area contributed by atoms with E-state index in [1.54, 1.807) is 31.2 Å². The van der Waals surface area contributed by atoms with Crippen LogP contribution in [0.15, 0.2) is 36.0 Å². The number of aromatic nitrogens is 1. The van der Waals surface area contributed by atoms with Crippen LogP contribution < -0.4 is 0 Å². The number of rotatable bonds is 5. The van der Waals surface area contributed by atoms with Gasteiger partial charge in [0, 0.05) is 6.20 Å². The summed E-state index contributed by atoms with van der Waals surface area (Å²) in [7, 11) is 0. The van der Waals surface area contributed by atoms with Gasteiger partial charge < -0.3 is 4.74 Å². The average molecular weight is 233 g/mol. The van der Waals surface area contributed by atoms with E-state index >= 15 is 0 Å². The van der Waals surface area contributed by atoms with Crippen molar-refractivity contribution < 1.29 is 14.3 Å². The highest BCUT2D eigenvalue weighted by atomic mass is 16.5. The molecule has 0 amide bonds. The van der Waals surface area contributed by atoms with Gasteiger partial charge in [0.25, 0.3) is 0 Å². The lowest BCUT2D eigenvalue weighted by molar-refractivity contribution is -0.138. The Hall–Kier alpha value is -1.97. The molecule has 0 spiro atoms. The fourth-order valence-corrected chi connectivity index (χ4v) is 1.32. The van der Waals surface area contributed by atoms with Crippen LogP contribution in [0, 0.1) is 0 Å². The number of pyridine rings is 1. The Bertz CT molecular complexity index is 424. The Morgan fingerprint density at radius 3 is 2.65 bits per heavy atom. The van der Waals surface area contributed by atoms with Crippen LogP contribution in [0.5, 0.6) is 0 Å². The lowest BCUT2D eigenvalue weighted by Gasteiger charge is -2.05. The van der Waals surface area contributed by atoms with Crippen molar-refractivity contribution in [2.24, 2.45) is 0 Å². The van der Waals surface area contributed by atoms with Gasteiger partial charge in [0.05, 0.1) is 6.61 Å². The third kappa shape index (κ3) is 3.52. The lowest BCUT2D eigenvalue weighted by atomic mass is 10.1. The number of esters is 1. The zero-order chi connectivity index (χ0) is 12.7. The van der Waals surface area contributed by atoms with Crippen LogP contribution in [0.4, 0.5) is 0 Å². The molecule has 0 atom stereocenters. The molecule has 1 heterocycles. The fraction of sp³-hybridized carbons (Fsp3) is 0.308. The summed E-state index contributed by atoms with van der Waals surface area (Å²) in [6.07, 6.45) is 3.67. The van der Waals surface area contributed by atoms with Crippen molar-refractivity contribution >= 4 is 11.8 Å². The number of hydrogen-bond acceptors (Lipinski definition) is 4. The van der Waals surface area contributed by atoms with Crippen molar-refractivity contribution in [3.05, 3.63) is 41.7 Å². The van der Waals surface area contributed by atoms with Gasteiger partial charge in [0.15, 0.2) is 0 Å². The first kappa shape index (κ1) is 13.1. The Kier molecular flexibility index (Phi) is 5.07. The third-order valence-electron chi connectivity index (χ3n) is 2.05. The van der Waals surface area contributed by atoms with Crippen LogP contribution in [0.2, 0.25) is 0 Å². The standard InChI is InChI=1S/C13H15NO3/c1-3-7-10(13(16)17-4-2)12(15)11-8-5-6-9-14-11/h5-9H,3-4H2,1-2H3. The number of allylic oxidation sites excluding steroid dienone is 1. The molecule has 0 aliphatic heterocycles. The zero-order valence-corrected chi connectivity index (χ0v) is 9.97. The van der Waals surface area contributed by atoms with E-state index in [9.17, 15) is 9.59 Å². The van der Waals surface area contributed by atoms with E-state index in [-0.39, 0.29) is 17.9 Å². The topological polar surface area (TPSA) is 56.3 Å². The summed E-state index contributed by atoms with van der Waals surface area (Å²) in [5.74, 6) is -0.990. The molecule has 90 valence electrons. The van der Waals surface area contributed by atoms with Crippen molar-refractivity contribution in [3.8, 4) is 0 Å². The van der Waals surface area contributed by atoms with Crippen LogP contribution >= 0.6 is 0 Å². The second-order valence-electron chi connectivity index (χ2n) is 3.29. The Morgan fingerprint density at radius 2 is 2.12 bits per heavy atom. The predicted molar refractivity (Wildman–Crippen MR) is 63.6 cm³/mol. The van der Waals surface area contributed by atoms with E-state index < -0.39 is 11.8 Å². The minimum Gasteiger partial charge on any atom is -0.462 e. The maximum atomic E-state index is 12.0. The summed E-state index contributed by atoms with van der Waals surface area (Å²) < 4.78 is 4.84. The minimum atomic E-state index is -0.593. The van der Waals surface area contributed by atoms with Gasteiger partial charge in [-0.1, -0.05) is 19.1 Å². The van der Waals surface area contributed by atoms with E-state index in [2.05, 4.69) is 4.98 Å². The van der Waals surface area contributed by atoms with E-state index in [0.717, 1.165) is 0 Å². The largest absolute Gasteiger partial charge is 0.462 e. The highest BCUT2D eigenvalue weighted by Crippen LogP contribution is 2.09. The van der Waals surface area contributed by atoms with Gasteiger partial charge in [0.1, 0.15) is 11.3 Å². The van der Waals surface area contributed by atoms with Crippen molar-refractivity contribution in [1.82, 2.24) is 4.98 Å². The van der Waals surface area contributed by atoms with Crippen molar-refractivity contribution in [3.63, 3.8) is 0 Å². The molecular formula is C13H15NO3. The highest BCUT2D eigenvalue weighted by Gasteiger charge is 2.21. The molecule has 1 rings (SSSR count). The monoisotopic (exact) mass is 233 g/mol. The van der Waals surface area contributed by atoms with Gasteiger partial charge in [0.2, 0.25) is 5.78 Å². The maximum absolute atomic E-state index is 12.0. The van der Waals surface area contributed by atoms with Gasteiger partial charge >= 0.3 is 5.97 Å². The van der Waals surface area contributed by atoms with Crippen LogP contribution in [0.1, 0.15) is 30.8 Å². The number of nitrogens with zero attached hydrogens (tertiary/aromatic N) is 1. The smallest absolute Gasteiger partial charge is 0.341 e. The zero-order valence-electron chi connectivity index (χ0n) is 9.97. The molecule has 0 saturated heterocycles. The molecule has 0 fully saturated rings. The number of Topliss-reactive ketones (excluding diaryl/α,β-unsaturated/α-hetero) is 1. The number of carbonyl (C=O) groups excluding carboxylic acids is 2. The van der Waals surface area contributed by atoms with Crippen molar-refractivity contribution in [1.29, 1.82) is 0 Å². The van der Waals surface area contributed by atoms with E-state index in [4.69, 9.17) is 4.74 Å². The summed E-state index contributed by atoms with van der Waals surface area (Å²) in [4.78, 5) is 27.6. The highest BCUT2D eigenvalue weighted by molar-refractivity contribution is 6.23. The van der Waals surface area contributed by atoms with E-state index in [1.165, 1.54) is 6.20 Å². The summed E-state index contributed by atoms with van der Waals surface area (Å²) >= 11 is 0. The third-order valence-corrected chi connectivity index (χ3v) is 2.05. The SMILES string of the molecule is CCC=C(C(=O)OCC)C(=O)c1ccccn1. The molecule has 0 aliphatic rings. The number of carbonyl (C=O) groups is 2. The van der Waals surface area contributed by atoms with Crippen molar-refractivity contribution in [2.45, 2.75) is 20.3 Å². The average Bonchev–Trinajstić information content (AvgIpc) is 2.36. The summed E-state index contributed by atoms with van der Waals surface area (Å²) in [5.41, 5.74) is 0.299. The Labute approximate surface area is 100 Å². The molecule has 1 aromatic heterocycles. The van der Waals surface area contributed by atoms with Gasteiger partial charge in [-0.25, -0.2) is 4.79 Å². The Balaban J connectivity index is 2.97. The molecule has 0 aromatic carbocycles. The molecular weight excluding hydrogens is 218 g/mol. The number of ether oxygens (including phenoxy) is 1. The molecule has 0 N–H and O–H groups in total. The second-order valence-corrected chi connectivity index (χ2v) is 3.29. The van der Waals surface area contributed by atoms with Crippen LogP contribution in [0.25, 0.3) is 0 Å². The molecule has 0 aliphatic carbocycles. The van der Waals surface area contributed by atoms with Gasteiger partial charge in [-0.2, -0.15) is 0 Å². The molecule has 0 saturated carbocycles. The first-order chi connectivity index (χ1) is 8.20. The molecule has 0 unspecified atom stereocenters. The first-order valence-corrected chi connectivity index (χ1v) is 5.53. The summed E-state index contributed by atoms with van der Waals surface area (Å²) in [6.45, 7) is 3.80. The summed E-state index contributed by atoms with van der Waals surface area (Å²) in [6, 6.07) is 4.99. The summed E-state index contributed by atoms with van der Waals surface area (Å²) in [5, 5.41) is 0. The quantitative estimate of drug-likeness (QED) is 0.257. The van der Waals surface area contributed by atoms with E-state index in [1.807, 2.05) is 6.92 Å². The number of ketones is 1. The molecule has 1 aromatic rings. The molecule has 17 heavy (non-hydrogen) atoms. The van der Waals surface area contributed by atoms with Crippen LogP contribution in [-0.4, -0.2) is 23.3 Å². The minimum absolute atomic E-state index is 0.0491. The molecule has 4 heteroatoms. The predicted octanol–water partition coefficient (Wildman–Crippen LogP) is 2.16. The van der Waals surface area contributed by atoms with Crippen LogP contribution in [0.3, 0.4) is 0 Å². The van der Waals surface area contributed by atoms with Gasteiger partial charge in [-0.15, -0.1) is 0 Å². The Morgan fingerprint density at radius 1 is 1.35 bits per heavy atom. The van der Waals surface area contributed by atoms with Gasteiger partial charge in [-0.05, 0) is 25.5 Å². The maximum Gasteiger partial charge on any atom is 0.341 e. The molecule has 4 nitrogen and oxygen atoms in total. The molecule has 0 bridgehead atoms. The number of hydrogen-bond donors (Lipinski definition) is 0. The first-order valence-electron chi connectivity index (χ1n) is 5.53. The van der Waals surface area contributed by atoms with Gasteiger partial charge in [-0.3, -0.25) is 9.78 Å². The normalized spacial score (nSPS) is 11.1. The molecule has 0 radical (unpaired) electrons.